The van der Waals surface area contributed by atoms with Crippen molar-refractivity contribution >= 4 is 5.91 Å². The Kier molecular flexibility index (Phi) is 7.01. The smallest absolute Gasteiger partial charge is 0.243 e. The van der Waals surface area contributed by atoms with Gasteiger partial charge >= 0.3 is 0 Å². The molecule has 0 aliphatic carbocycles. The second-order valence-corrected chi connectivity index (χ2v) is 6.51. The highest BCUT2D eigenvalue weighted by molar-refractivity contribution is 5.88. The lowest BCUT2D eigenvalue weighted by atomic mass is 9.96. The van der Waals surface area contributed by atoms with Gasteiger partial charge in [0.2, 0.25) is 5.91 Å². The number of nitrogens with zero attached hydrogens (tertiary/aromatic N) is 1. The molecule has 1 fully saturated rings. The second-order valence-electron chi connectivity index (χ2n) is 6.51. The Morgan fingerprint density at radius 2 is 1.95 bits per heavy atom. The summed E-state index contributed by atoms with van der Waals surface area (Å²) in [5, 5.41) is 3.58. The van der Waals surface area contributed by atoms with E-state index in [0.29, 0.717) is 11.8 Å². The molecule has 1 N–H and O–H groups in total. The molecule has 1 aliphatic heterocycles. The van der Waals surface area contributed by atoms with Crippen molar-refractivity contribution in [2.45, 2.75) is 91.3 Å². The number of hydrogen-bond donors (Lipinski definition) is 1. The first kappa shape index (κ1) is 17.5. The van der Waals surface area contributed by atoms with Crippen molar-refractivity contribution in [2.75, 3.05) is 6.54 Å². The third-order valence-corrected chi connectivity index (χ3v) is 4.86. The minimum atomic E-state index is -0.344. The molecule has 1 saturated heterocycles. The molecule has 0 bridgehead atoms. The van der Waals surface area contributed by atoms with Crippen LogP contribution in [0.1, 0.15) is 79.6 Å². The summed E-state index contributed by atoms with van der Waals surface area (Å²) in [6.45, 7) is 11.8. The number of rotatable bonds is 9. The van der Waals surface area contributed by atoms with Gasteiger partial charge in [0.1, 0.15) is 0 Å². The topological polar surface area (TPSA) is 32.3 Å². The molecule has 1 heterocycles. The first-order valence-corrected chi connectivity index (χ1v) is 8.61. The van der Waals surface area contributed by atoms with Crippen LogP contribution in [0.25, 0.3) is 0 Å². The third kappa shape index (κ3) is 3.97. The SMILES string of the molecule is CCCCC(CC)CN1C(=O)C(C)(CC)NC1CCC. The fraction of sp³-hybridized carbons (Fsp3) is 0.941. The Hall–Kier alpha value is -0.570. The van der Waals surface area contributed by atoms with Crippen LogP contribution in [0.15, 0.2) is 0 Å². The maximum atomic E-state index is 12.7. The van der Waals surface area contributed by atoms with E-state index in [-0.39, 0.29) is 11.7 Å². The van der Waals surface area contributed by atoms with E-state index in [2.05, 4.69) is 44.8 Å². The highest BCUT2D eigenvalue weighted by atomic mass is 16.2. The van der Waals surface area contributed by atoms with Gasteiger partial charge in [0.25, 0.3) is 0 Å². The van der Waals surface area contributed by atoms with Gasteiger partial charge in [-0.1, -0.05) is 53.4 Å². The fourth-order valence-electron chi connectivity index (χ4n) is 3.13. The molecule has 0 aromatic rings. The van der Waals surface area contributed by atoms with Crippen LogP contribution in [-0.2, 0) is 4.79 Å². The summed E-state index contributed by atoms with van der Waals surface area (Å²) >= 11 is 0. The normalized spacial score (nSPS) is 28.1. The summed E-state index contributed by atoms with van der Waals surface area (Å²) < 4.78 is 0. The van der Waals surface area contributed by atoms with E-state index < -0.39 is 0 Å². The maximum Gasteiger partial charge on any atom is 0.243 e. The van der Waals surface area contributed by atoms with E-state index in [1.54, 1.807) is 0 Å². The number of amides is 1. The quantitative estimate of drug-likeness (QED) is 0.695. The Bertz CT molecular complexity index is 305. The monoisotopic (exact) mass is 282 g/mol. The summed E-state index contributed by atoms with van der Waals surface area (Å²) in [6, 6.07) is 0. The molecule has 1 rings (SSSR count). The minimum absolute atomic E-state index is 0.244. The molecule has 3 heteroatoms. The molecular weight excluding hydrogens is 248 g/mol. The zero-order valence-corrected chi connectivity index (χ0v) is 14.2. The molecule has 0 aromatic carbocycles. The Labute approximate surface area is 125 Å². The van der Waals surface area contributed by atoms with Gasteiger partial charge in [0.05, 0.1) is 11.7 Å². The van der Waals surface area contributed by atoms with Crippen molar-refractivity contribution in [1.82, 2.24) is 10.2 Å². The molecule has 0 aromatic heterocycles. The highest BCUT2D eigenvalue weighted by Gasteiger charge is 2.46. The van der Waals surface area contributed by atoms with Crippen LogP contribution < -0.4 is 5.32 Å². The zero-order valence-electron chi connectivity index (χ0n) is 14.2. The van der Waals surface area contributed by atoms with Crippen molar-refractivity contribution in [3.63, 3.8) is 0 Å². The number of carbonyl (C=O) groups is 1. The Balaban J connectivity index is 2.74. The van der Waals surface area contributed by atoms with Crippen molar-refractivity contribution in [3.05, 3.63) is 0 Å². The van der Waals surface area contributed by atoms with E-state index in [4.69, 9.17) is 0 Å². The van der Waals surface area contributed by atoms with Crippen LogP contribution in [0.2, 0.25) is 0 Å². The molecule has 3 atom stereocenters. The van der Waals surface area contributed by atoms with Crippen molar-refractivity contribution in [2.24, 2.45) is 5.92 Å². The van der Waals surface area contributed by atoms with Gasteiger partial charge < -0.3 is 4.90 Å². The number of carbonyl (C=O) groups excluding carboxylic acids is 1. The third-order valence-electron chi connectivity index (χ3n) is 4.86. The van der Waals surface area contributed by atoms with Crippen LogP contribution >= 0.6 is 0 Å². The van der Waals surface area contributed by atoms with Crippen molar-refractivity contribution in [1.29, 1.82) is 0 Å². The molecular formula is C17H34N2O. The molecule has 3 unspecified atom stereocenters. The van der Waals surface area contributed by atoms with E-state index in [9.17, 15) is 4.79 Å². The molecule has 0 radical (unpaired) electrons. The van der Waals surface area contributed by atoms with Crippen molar-refractivity contribution in [3.8, 4) is 0 Å². The summed E-state index contributed by atoms with van der Waals surface area (Å²) in [5.41, 5.74) is -0.344. The van der Waals surface area contributed by atoms with Crippen LogP contribution in [0.3, 0.4) is 0 Å². The van der Waals surface area contributed by atoms with Gasteiger partial charge in [-0.25, -0.2) is 0 Å². The zero-order chi connectivity index (χ0) is 15.2. The van der Waals surface area contributed by atoms with E-state index >= 15 is 0 Å². The van der Waals surface area contributed by atoms with Gasteiger partial charge in [-0.2, -0.15) is 0 Å². The molecule has 118 valence electrons. The average Bonchev–Trinajstić information content (AvgIpc) is 2.68. The fourth-order valence-corrected chi connectivity index (χ4v) is 3.13. The molecule has 0 spiro atoms. The summed E-state index contributed by atoms with van der Waals surface area (Å²) in [7, 11) is 0. The predicted octanol–water partition coefficient (Wildman–Crippen LogP) is 3.93. The van der Waals surface area contributed by atoms with E-state index in [1.807, 2.05) is 0 Å². The number of hydrogen-bond acceptors (Lipinski definition) is 2. The average molecular weight is 282 g/mol. The second kappa shape index (κ2) is 8.02. The molecule has 0 saturated carbocycles. The summed E-state index contributed by atoms with van der Waals surface area (Å²) in [4.78, 5) is 14.9. The lowest BCUT2D eigenvalue weighted by Crippen LogP contribution is -2.43. The molecule has 20 heavy (non-hydrogen) atoms. The van der Waals surface area contributed by atoms with Crippen LogP contribution in [0, 0.1) is 5.92 Å². The largest absolute Gasteiger partial charge is 0.325 e. The van der Waals surface area contributed by atoms with Gasteiger partial charge in [-0.3, -0.25) is 10.1 Å². The molecule has 3 nitrogen and oxygen atoms in total. The standard InChI is InChI=1S/C17H34N2O/c1-6-10-12-14(8-3)13-19-15(11-7-2)18-17(5,9-4)16(19)20/h14-15,18H,6-13H2,1-5H3. The predicted molar refractivity (Wildman–Crippen MR) is 85.5 cm³/mol. The van der Waals surface area contributed by atoms with Gasteiger partial charge in [-0.15, -0.1) is 0 Å². The lowest BCUT2D eigenvalue weighted by molar-refractivity contribution is -0.133. The summed E-state index contributed by atoms with van der Waals surface area (Å²) in [5.74, 6) is 0.965. The van der Waals surface area contributed by atoms with E-state index in [1.165, 1.54) is 25.7 Å². The molecule has 1 amide bonds. The van der Waals surface area contributed by atoms with E-state index in [0.717, 1.165) is 25.8 Å². The van der Waals surface area contributed by atoms with Crippen LogP contribution in [-0.4, -0.2) is 29.1 Å². The van der Waals surface area contributed by atoms with Crippen LogP contribution in [0.5, 0.6) is 0 Å². The van der Waals surface area contributed by atoms with Crippen LogP contribution in [0.4, 0.5) is 0 Å². The highest BCUT2D eigenvalue weighted by Crippen LogP contribution is 2.28. The van der Waals surface area contributed by atoms with Crippen molar-refractivity contribution < 1.29 is 4.79 Å². The minimum Gasteiger partial charge on any atom is -0.325 e. The number of nitrogens with one attached hydrogen (secondary N) is 1. The van der Waals surface area contributed by atoms with Gasteiger partial charge in [-0.05, 0) is 32.1 Å². The summed E-state index contributed by atoms with van der Waals surface area (Å²) in [6.07, 6.45) is 8.23. The first-order valence-electron chi connectivity index (χ1n) is 8.61. The maximum absolute atomic E-state index is 12.7. The van der Waals surface area contributed by atoms with Gasteiger partial charge in [0, 0.05) is 6.54 Å². The molecule has 1 aliphatic rings. The lowest BCUT2D eigenvalue weighted by Gasteiger charge is -2.28. The van der Waals surface area contributed by atoms with Gasteiger partial charge in [0.15, 0.2) is 0 Å². The number of unbranched alkanes of at least 4 members (excludes halogenated alkanes) is 1. The Morgan fingerprint density at radius 3 is 2.45 bits per heavy atom. The first-order chi connectivity index (χ1) is 9.52. The Morgan fingerprint density at radius 1 is 1.25 bits per heavy atom.